The van der Waals surface area contributed by atoms with Gasteiger partial charge in [-0.15, -0.1) is 12.4 Å². The summed E-state index contributed by atoms with van der Waals surface area (Å²) in [6.07, 6.45) is 1.84. The molecule has 0 aliphatic carbocycles. The standard InChI is InChI=1S/C18H26N2O3.ClH/c1-14(2)23-17(21)13-16-18(22)20(12-10-19-16)11-6-9-15-7-4-3-5-8-15;/h3-5,7-8,14,16,19H,6,9-13H2,1-2H3;1H. The third-order valence-corrected chi connectivity index (χ3v) is 3.86. The van der Waals surface area contributed by atoms with Crippen LogP contribution in [0.4, 0.5) is 0 Å². The number of rotatable bonds is 7. The van der Waals surface area contributed by atoms with Crippen LogP contribution in [0.15, 0.2) is 30.3 Å². The van der Waals surface area contributed by atoms with Crippen molar-refractivity contribution in [1.29, 1.82) is 0 Å². The van der Waals surface area contributed by atoms with Crippen LogP contribution in [0.1, 0.15) is 32.3 Å². The molecule has 0 bridgehead atoms. The van der Waals surface area contributed by atoms with Crippen molar-refractivity contribution in [3.05, 3.63) is 35.9 Å². The maximum absolute atomic E-state index is 12.4. The van der Waals surface area contributed by atoms with Gasteiger partial charge in [0.2, 0.25) is 5.91 Å². The predicted molar refractivity (Wildman–Crippen MR) is 96.2 cm³/mol. The van der Waals surface area contributed by atoms with Crippen molar-refractivity contribution in [2.75, 3.05) is 19.6 Å². The molecule has 6 heteroatoms. The first-order chi connectivity index (χ1) is 11.1. The van der Waals surface area contributed by atoms with Gasteiger partial charge in [0.25, 0.3) is 0 Å². The molecule has 134 valence electrons. The summed E-state index contributed by atoms with van der Waals surface area (Å²) < 4.78 is 5.13. The molecule has 0 radical (unpaired) electrons. The van der Waals surface area contributed by atoms with E-state index >= 15 is 0 Å². The molecular formula is C18H27ClN2O3. The average Bonchev–Trinajstić information content (AvgIpc) is 2.51. The minimum atomic E-state index is -0.452. The van der Waals surface area contributed by atoms with E-state index in [0.29, 0.717) is 6.54 Å². The second-order valence-corrected chi connectivity index (χ2v) is 6.16. The third-order valence-electron chi connectivity index (χ3n) is 3.86. The van der Waals surface area contributed by atoms with Crippen LogP contribution in [0, 0.1) is 0 Å². The molecule has 1 unspecified atom stereocenters. The number of nitrogens with one attached hydrogen (secondary N) is 1. The van der Waals surface area contributed by atoms with Crippen LogP contribution in [-0.2, 0) is 20.7 Å². The first-order valence-electron chi connectivity index (χ1n) is 8.32. The Morgan fingerprint density at radius 1 is 1.33 bits per heavy atom. The van der Waals surface area contributed by atoms with E-state index in [1.54, 1.807) is 0 Å². The smallest absolute Gasteiger partial charge is 0.308 e. The van der Waals surface area contributed by atoms with Gasteiger partial charge in [0.1, 0.15) is 0 Å². The molecule has 1 atom stereocenters. The summed E-state index contributed by atoms with van der Waals surface area (Å²) in [5.74, 6) is -0.318. The van der Waals surface area contributed by atoms with Crippen LogP contribution in [-0.4, -0.2) is 48.6 Å². The molecule has 1 aromatic carbocycles. The number of amides is 1. The van der Waals surface area contributed by atoms with Gasteiger partial charge in [-0.05, 0) is 32.3 Å². The molecule has 0 saturated carbocycles. The number of esters is 1. The van der Waals surface area contributed by atoms with Crippen molar-refractivity contribution in [2.45, 2.75) is 45.3 Å². The Morgan fingerprint density at radius 3 is 2.71 bits per heavy atom. The Balaban J connectivity index is 0.00000288. The molecule has 1 aromatic rings. The number of aryl methyl sites for hydroxylation is 1. The first-order valence-corrected chi connectivity index (χ1v) is 8.32. The number of hydrogen-bond acceptors (Lipinski definition) is 4. The summed E-state index contributed by atoms with van der Waals surface area (Å²) in [4.78, 5) is 26.0. The van der Waals surface area contributed by atoms with Crippen LogP contribution in [0.25, 0.3) is 0 Å². The van der Waals surface area contributed by atoms with E-state index in [1.807, 2.05) is 36.9 Å². The minimum Gasteiger partial charge on any atom is -0.463 e. The molecule has 1 aliphatic rings. The fourth-order valence-corrected chi connectivity index (χ4v) is 2.77. The second kappa shape index (κ2) is 10.3. The summed E-state index contributed by atoms with van der Waals surface area (Å²) in [6.45, 7) is 5.76. The van der Waals surface area contributed by atoms with Crippen molar-refractivity contribution in [3.8, 4) is 0 Å². The number of ether oxygens (including phenoxy) is 1. The van der Waals surface area contributed by atoms with E-state index in [1.165, 1.54) is 5.56 Å². The minimum absolute atomic E-state index is 0. The zero-order chi connectivity index (χ0) is 16.7. The van der Waals surface area contributed by atoms with E-state index in [4.69, 9.17) is 4.74 Å². The van der Waals surface area contributed by atoms with Crippen molar-refractivity contribution >= 4 is 24.3 Å². The summed E-state index contributed by atoms with van der Waals surface area (Å²) >= 11 is 0. The van der Waals surface area contributed by atoms with Gasteiger partial charge in [-0.25, -0.2) is 0 Å². The maximum Gasteiger partial charge on any atom is 0.308 e. The summed E-state index contributed by atoms with van der Waals surface area (Å²) in [7, 11) is 0. The number of piperazine rings is 1. The van der Waals surface area contributed by atoms with E-state index in [9.17, 15) is 9.59 Å². The number of carbonyl (C=O) groups is 2. The van der Waals surface area contributed by atoms with Crippen LogP contribution in [0.5, 0.6) is 0 Å². The normalized spacial score (nSPS) is 17.5. The molecule has 5 nitrogen and oxygen atoms in total. The SMILES string of the molecule is CC(C)OC(=O)CC1NCCN(CCCc2ccccc2)C1=O.Cl. The van der Waals surface area contributed by atoms with Crippen molar-refractivity contribution in [2.24, 2.45) is 0 Å². The summed E-state index contributed by atoms with van der Waals surface area (Å²) in [5, 5.41) is 3.12. The topological polar surface area (TPSA) is 58.6 Å². The van der Waals surface area contributed by atoms with Crippen molar-refractivity contribution < 1.29 is 14.3 Å². The predicted octanol–water partition coefficient (Wildman–Crippen LogP) is 2.18. The Morgan fingerprint density at radius 2 is 2.04 bits per heavy atom. The molecule has 0 spiro atoms. The molecular weight excluding hydrogens is 328 g/mol. The molecule has 1 fully saturated rings. The van der Waals surface area contributed by atoms with E-state index in [-0.39, 0.29) is 36.8 Å². The highest BCUT2D eigenvalue weighted by atomic mass is 35.5. The van der Waals surface area contributed by atoms with Gasteiger partial charge in [0.05, 0.1) is 18.6 Å². The Kier molecular flexibility index (Phi) is 8.79. The second-order valence-electron chi connectivity index (χ2n) is 6.16. The monoisotopic (exact) mass is 354 g/mol. The lowest BCUT2D eigenvalue weighted by atomic mass is 10.1. The van der Waals surface area contributed by atoms with Crippen molar-refractivity contribution in [1.82, 2.24) is 10.2 Å². The number of nitrogens with zero attached hydrogens (tertiary/aromatic N) is 1. The van der Waals surface area contributed by atoms with Gasteiger partial charge in [0.15, 0.2) is 0 Å². The summed E-state index contributed by atoms with van der Waals surface area (Å²) in [5.41, 5.74) is 1.28. The number of hydrogen-bond donors (Lipinski definition) is 1. The summed E-state index contributed by atoms with van der Waals surface area (Å²) in [6, 6.07) is 9.81. The maximum atomic E-state index is 12.4. The van der Waals surface area contributed by atoms with Gasteiger partial charge >= 0.3 is 5.97 Å². The van der Waals surface area contributed by atoms with Crippen molar-refractivity contribution in [3.63, 3.8) is 0 Å². The molecule has 1 saturated heterocycles. The molecule has 2 rings (SSSR count). The number of benzene rings is 1. The number of carbonyl (C=O) groups excluding carboxylic acids is 2. The van der Waals surface area contributed by atoms with Gasteiger partial charge in [-0.1, -0.05) is 30.3 Å². The molecule has 1 N–H and O–H groups in total. The Bertz CT molecular complexity index is 522. The Hall–Kier alpha value is -1.59. The fraction of sp³-hybridized carbons (Fsp3) is 0.556. The highest BCUT2D eigenvalue weighted by molar-refractivity contribution is 5.87. The highest BCUT2D eigenvalue weighted by Crippen LogP contribution is 2.09. The quantitative estimate of drug-likeness (QED) is 0.762. The van der Waals surface area contributed by atoms with Gasteiger partial charge < -0.3 is 15.0 Å². The van der Waals surface area contributed by atoms with Crippen LogP contribution < -0.4 is 5.32 Å². The van der Waals surface area contributed by atoms with E-state index < -0.39 is 6.04 Å². The highest BCUT2D eigenvalue weighted by Gasteiger charge is 2.30. The zero-order valence-electron chi connectivity index (χ0n) is 14.4. The largest absolute Gasteiger partial charge is 0.463 e. The molecule has 1 aliphatic heterocycles. The lowest BCUT2D eigenvalue weighted by Gasteiger charge is -2.33. The molecule has 1 heterocycles. The van der Waals surface area contributed by atoms with Crippen LogP contribution in [0.3, 0.4) is 0 Å². The first kappa shape index (κ1) is 20.5. The molecule has 24 heavy (non-hydrogen) atoms. The number of halogens is 1. The van der Waals surface area contributed by atoms with Gasteiger partial charge in [-0.3, -0.25) is 9.59 Å². The third kappa shape index (κ3) is 6.49. The average molecular weight is 355 g/mol. The van der Waals surface area contributed by atoms with Gasteiger partial charge in [-0.2, -0.15) is 0 Å². The molecule has 0 aromatic heterocycles. The zero-order valence-corrected chi connectivity index (χ0v) is 15.2. The fourth-order valence-electron chi connectivity index (χ4n) is 2.77. The lowest BCUT2D eigenvalue weighted by molar-refractivity contribution is -0.151. The van der Waals surface area contributed by atoms with E-state index in [2.05, 4.69) is 17.4 Å². The Labute approximate surface area is 150 Å². The lowest BCUT2D eigenvalue weighted by Crippen LogP contribution is -2.55. The van der Waals surface area contributed by atoms with Gasteiger partial charge in [0, 0.05) is 19.6 Å². The van der Waals surface area contributed by atoms with Crippen LogP contribution >= 0.6 is 12.4 Å². The van der Waals surface area contributed by atoms with E-state index in [0.717, 1.165) is 25.9 Å². The molecule has 1 amide bonds. The van der Waals surface area contributed by atoms with Crippen LogP contribution in [0.2, 0.25) is 0 Å².